The number of hydrogen-bond donors (Lipinski definition) is 0. The molecule has 0 aliphatic carbocycles. The summed E-state index contributed by atoms with van der Waals surface area (Å²) >= 11 is 1.40. The van der Waals surface area contributed by atoms with Crippen LogP contribution in [0.3, 0.4) is 0 Å². The Morgan fingerprint density at radius 2 is 1.56 bits per heavy atom. The number of nitro benzene ring substituents is 1. The van der Waals surface area contributed by atoms with Crippen molar-refractivity contribution in [3.8, 4) is 0 Å². The van der Waals surface area contributed by atoms with E-state index in [0.29, 0.717) is 6.67 Å². The highest BCUT2D eigenvalue weighted by Crippen LogP contribution is 2.55. The fourth-order valence-electron chi connectivity index (χ4n) is 5.71. The Morgan fingerprint density at radius 1 is 0.897 bits per heavy atom. The van der Waals surface area contributed by atoms with Gasteiger partial charge in [0.2, 0.25) is 10.8 Å². The van der Waals surface area contributed by atoms with Crippen LogP contribution in [-0.2, 0) is 20.9 Å². The largest absolute Gasteiger partial charge is 0.369 e. The van der Waals surface area contributed by atoms with Gasteiger partial charge in [-0.1, -0.05) is 37.3 Å². The summed E-state index contributed by atoms with van der Waals surface area (Å²) in [6.07, 6.45) is 0.904. The van der Waals surface area contributed by atoms with Crippen molar-refractivity contribution in [3.63, 3.8) is 0 Å². The molecule has 0 saturated carbocycles. The van der Waals surface area contributed by atoms with Crippen molar-refractivity contribution in [1.82, 2.24) is 4.90 Å². The molecule has 3 aromatic carbocycles. The number of benzene rings is 3. The van der Waals surface area contributed by atoms with E-state index in [-0.39, 0.29) is 23.3 Å². The third-order valence-electron chi connectivity index (χ3n) is 7.81. The first-order chi connectivity index (χ1) is 18.9. The summed E-state index contributed by atoms with van der Waals surface area (Å²) in [5.74, 6) is 0.0973. The number of rotatable bonds is 6. The number of anilines is 3. The van der Waals surface area contributed by atoms with Crippen LogP contribution in [0.1, 0.15) is 18.1 Å². The fraction of sp³-hybridized carbons (Fsp3) is 0.310. The van der Waals surface area contributed by atoms with Crippen molar-refractivity contribution in [2.45, 2.75) is 18.2 Å². The molecule has 0 bridgehead atoms. The van der Waals surface area contributed by atoms with Crippen LogP contribution in [0.25, 0.3) is 0 Å². The van der Waals surface area contributed by atoms with Crippen LogP contribution in [0.2, 0.25) is 0 Å². The second kappa shape index (κ2) is 10.0. The molecule has 9 nitrogen and oxygen atoms in total. The highest BCUT2D eigenvalue weighted by atomic mass is 32.2. The normalized spacial score (nSPS) is 21.2. The zero-order chi connectivity index (χ0) is 27.1. The van der Waals surface area contributed by atoms with Crippen molar-refractivity contribution in [2.24, 2.45) is 0 Å². The first kappa shape index (κ1) is 25.4. The second-order valence-electron chi connectivity index (χ2n) is 9.95. The SMILES string of the molecule is CCc1ccc(N2C(=O)CSC23C(=O)N(CN2CCN(c4ccc([N+](=O)[O-])cc4)CC2)c2ccccc23)cc1. The van der Waals surface area contributed by atoms with Crippen LogP contribution in [0.5, 0.6) is 0 Å². The van der Waals surface area contributed by atoms with Gasteiger partial charge in [-0.2, -0.15) is 0 Å². The average molecular weight is 544 g/mol. The third-order valence-corrected chi connectivity index (χ3v) is 9.19. The first-order valence-electron chi connectivity index (χ1n) is 13.1. The molecule has 39 heavy (non-hydrogen) atoms. The standard InChI is InChI=1S/C29H29N5O4S/c1-2-21-7-9-23(10-8-21)33-27(35)19-39-29(33)25-5-3-4-6-26(25)32(28(29)36)20-30-15-17-31(18-16-30)22-11-13-24(14-12-22)34(37)38/h3-14H,2,15-20H2,1H3. The molecule has 2 saturated heterocycles. The first-order valence-corrected chi connectivity index (χ1v) is 14.1. The molecule has 200 valence electrons. The molecule has 2 fully saturated rings. The number of aryl methyl sites for hydroxylation is 1. The summed E-state index contributed by atoms with van der Waals surface area (Å²) in [6.45, 7) is 5.50. The van der Waals surface area contributed by atoms with Crippen molar-refractivity contribution in [3.05, 3.63) is 94.0 Å². The molecular weight excluding hydrogens is 514 g/mol. The molecule has 3 heterocycles. The number of thioether (sulfide) groups is 1. The van der Waals surface area contributed by atoms with E-state index in [9.17, 15) is 19.7 Å². The van der Waals surface area contributed by atoms with Crippen LogP contribution >= 0.6 is 11.8 Å². The predicted octanol–water partition coefficient (Wildman–Crippen LogP) is 4.22. The highest BCUT2D eigenvalue weighted by Gasteiger charge is 2.61. The minimum absolute atomic E-state index is 0.0639. The van der Waals surface area contributed by atoms with Crippen LogP contribution in [0.15, 0.2) is 72.8 Å². The van der Waals surface area contributed by atoms with Gasteiger partial charge in [-0.3, -0.25) is 34.4 Å². The van der Waals surface area contributed by atoms with Gasteiger partial charge in [0, 0.05) is 55.2 Å². The van der Waals surface area contributed by atoms with E-state index < -0.39 is 9.79 Å². The van der Waals surface area contributed by atoms with E-state index in [1.807, 2.05) is 53.4 Å². The fourth-order valence-corrected chi connectivity index (χ4v) is 7.07. The maximum atomic E-state index is 14.3. The number of nitro groups is 1. The van der Waals surface area contributed by atoms with Gasteiger partial charge in [-0.05, 0) is 42.3 Å². The molecule has 1 unspecified atom stereocenters. The third kappa shape index (κ3) is 4.24. The number of hydrogen-bond acceptors (Lipinski definition) is 7. The average Bonchev–Trinajstić information content (AvgIpc) is 3.44. The van der Waals surface area contributed by atoms with Gasteiger partial charge in [0.25, 0.3) is 11.6 Å². The van der Waals surface area contributed by atoms with Gasteiger partial charge in [-0.15, -0.1) is 11.8 Å². The number of fused-ring (bicyclic) bond motifs is 2. The number of non-ortho nitro benzene ring substituents is 1. The van der Waals surface area contributed by atoms with Crippen molar-refractivity contribution in [2.75, 3.05) is 53.3 Å². The minimum atomic E-state index is -1.11. The van der Waals surface area contributed by atoms with E-state index in [4.69, 9.17) is 0 Å². The smallest absolute Gasteiger partial charge is 0.269 e. The predicted molar refractivity (Wildman–Crippen MR) is 153 cm³/mol. The maximum Gasteiger partial charge on any atom is 0.269 e. The maximum absolute atomic E-state index is 14.3. The van der Waals surface area contributed by atoms with E-state index in [1.54, 1.807) is 17.0 Å². The zero-order valence-electron chi connectivity index (χ0n) is 21.7. The quantitative estimate of drug-likeness (QED) is 0.340. The minimum Gasteiger partial charge on any atom is -0.369 e. The Morgan fingerprint density at radius 3 is 2.23 bits per heavy atom. The van der Waals surface area contributed by atoms with E-state index in [2.05, 4.69) is 16.7 Å². The monoisotopic (exact) mass is 543 g/mol. The van der Waals surface area contributed by atoms with Gasteiger partial charge >= 0.3 is 0 Å². The number of carbonyl (C=O) groups is 2. The number of para-hydroxylation sites is 1. The molecule has 0 aromatic heterocycles. The molecule has 6 rings (SSSR count). The summed E-state index contributed by atoms with van der Waals surface area (Å²) in [5.41, 5.74) is 4.65. The summed E-state index contributed by atoms with van der Waals surface area (Å²) in [7, 11) is 0. The van der Waals surface area contributed by atoms with Crippen molar-refractivity contribution < 1.29 is 14.5 Å². The van der Waals surface area contributed by atoms with Crippen LogP contribution in [-0.4, -0.2) is 60.2 Å². The number of amides is 2. The van der Waals surface area contributed by atoms with E-state index in [1.165, 1.54) is 29.5 Å². The Kier molecular flexibility index (Phi) is 6.52. The van der Waals surface area contributed by atoms with Crippen LogP contribution in [0, 0.1) is 10.1 Å². The zero-order valence-corrected chi connectivity index (χ0v) is 22.5. The lowest BCUT2D eigenvalue weighted by Gasteiger charge is -2.38. The Hall–Kier alpha value is -3.89. The topological polar surface area (TPSA) is 90.2 Å². The number of nitrogens with zero attached hydrogens (tertiary/aromatic N) is 5. The molecule has 3 aromatic rings. The van der Waals surface area contributed by atoms with Crippen molar-refractivity contribution >= 4 is 46.3 Å². The van der Waals surface area contributed by atoms with Gasteiger partial charge in [0.15, 0.2) is 0 Å². The Bertz CT molecular complexity index is 1420. The lowest BCUT2D eigenvalue weighted by molar-refractivity contribution is -0.384. The van der Waals surface area contributed by atoms with Gasteiger partial charge < -0.3 is 4.90 Å². The van der Waals surface area contributed by atoms with Gasteiger partial charge in [0.05, 0.1) is 23.0 Å². The van der Waals surface area contributed by atoms with Gasteiger partial charge in [-0.25, -0.2) is 0 Å². The Balaban J connectivity index is 1.23. The van der Waals surface area contributed by atoms with Crippen LogP contribution < -0.4 is 14.7 Å². The highest BCUT2D eigenvalue weighted by molar-refractivity contribution is 8.02. The molecule has 2 amide bonds. The van der Waals surface area contributed by atoms with E-state index >= 15 is 0 Å². The van der Waals surface area contributed by atoms with Crippen LogP contribution in [0.4, 0.5) is 22.7 Å². The summed E-state index contributed by atoms with van der Waals surface area (Å²) in [5, 5.41) is 11.0. The van der Waals surface area contributed by atoms with Gasteiger partial charge in [0.1, 0.15) is 0 Å². The second-order valence-corrected chi connectivity index (χ2v) is 11.1. The van der Waals surface area contributed by atoms with Crippen molar-refractivity contribution in [1.29, 1.82) is 0 Å². The lowest BCUT2D eigenvalue weighted by atomic mass is 10.0. The summed E-state index contributed by atoms with van der Waals surface area (Å²) < 4.78 is 0. The molecule has 0 N–H and O–H groups in total. The number of carbonyl (C=O) groups excluding carboxylic acids is 2. The molecule has 10 heteroatoms. The lowest BCUT2D eigenvalue weighted by Crippen LogP contribution is -2.54. The van der Waals surface area contributed by atoms with E-state index in [0.717, 1.165) is 55.2 Å². The molecule has 3 aliphatic rings. The molecule has 1 spiro atoms. The summed E-state index contributed by atoms with van der Waals surface area (Å²) in [4.78, 5) is 45.0. The molecular formula is C29H29N5O4S. The Labute approximate surface area is 231 Å². The molecule has 1 atom stereocenters. The summed E-state index contributed by atoms with van der Waals surface area (Å²) in [6, 6.07) is 22.4. The molecule has 0 radical (unpaired) electrons. The molecule has 3 aliphatic heterocycles. The number of piperazine rings is 1.